The zero-order chi connectivity index (χ0) is 22.9. The van der Waals surface area contributed by atoms with Crippen molar-refractivity contribution >= 4 is 11.9 Å². The van der Waals surface area contributed by atoms with Crippen molar-refractivity contribution in [1.82, 2.24) is 10.2 Å². The molecule has 1 aromatic carbocycles. The smallest absolute Gasteiger partial charge is 0.414 e. The number of carbonyl (C=O) groups is 2. The van der Waals surface area contributed by atoms with Crippen molar-refractivity contribution in [3.8, 4) is 11.5 Å². The standard InChI is InChI=1S/C20H36N2O2.C2H2O4/c1-6-22(7-2)13-8-12-21-16-18-9-10-19(20(15-18)23-5)24-14-11-17(3)4;3-1(4)2(5)6/h9-10,15,17,21H,6-8,11-14,16H2,1-5H3;(H,3,4)(H,5,6). The lowest BCUT2D eigenvalue weighted by Crippen LogP contribution is -2.27. The first-order chi connectivity index (χ1) is 14.2. The zero-order valence-corrected chi connectivity index (χ0v) is 18.9. The van der Waals surface area contributed by atoms with E-state index in [0.717, 1.165) is 57.3 Å². The van der Waals surface area contributed by atoms with Gasteiger partial charge >= 0.3 is 11.9 Å². The highest BCUT2D eigenvalue weighted by molar-refractivity contribution is 6.27. The van der Waals surface area contributed by atoms with Crippen LogP contribution in [-0.2, 0) is 16.1 Å². The van der Waals surface area contributed by atoms with Gasteiger partial charge in [0.1, 0.15) is 0 Å². The zero-order valence-electron chi connectivity index (χ0n) is 18.9. The molecule has 0 unspecified atom stereocenters. The Hall–Kier alpha value is -2.32. The summed E-state index contributed by atoms with van der Waals surface area (Å²) < 4.78 is 11.3. The lowest BCUT2D eigenvalue weighted by atomic mass is 10.1. The summed E-state index contributed by atoms with van der Waals surface area (Å²) in [4.78, 5) is 20.7. The Labute approximate surface area is 180 Å². The second-order valence-electron chi connectivity index (χ2n) is 7.18. The fraction of sp³-hybridized carbons (Fsp3) is 0.636. The topological polar surface area (TPSA) is 108 Å². The van der Waals surface area contributed by atoms with Crippen LogP contribution < -0.4 is 14.8 Å². The van der Waals surface area contributed by atoms with Crippen molar-refractivity contribution < 1.29 is 29.3 Å². The van der Waals surface area contributed by atoms with Gasteiger partial charge in [0.15, 0.2) is 11.5 Å². The molecule has 0 atom stereocenters. The number of benzene rings is 1. The summed E-state index contributed by atoms with van der Waals surface area (Å²) in [5.41, 5.74) is 1.23. The van der Waals surface area contributed by atoms with E-state index in [2.05, 4.69) is 50.0 Å². The van der Waals surface area contributed by atoms with Gasteiger partial charge in [-0.2, -0.15) is 0 Å². The highest BCUT2D eigenvalue weighted by Crippen LogP contribution is 2.28. The highest BCUT2D eigenvalue weighted by Gasteiger charge is 2.07. The molecule has 0 saturated heterocycles. The number of hydrogen-bond acceptors (Lipinski definition) is 6. The summed E-state index contributed by atoms with van der Waals surface area (Å²) in [5.74, 6) is -1.34. The fourth-order valence-electron chi connectivity index (χ4n) is 2.55. The van der Waals surface area contributed by atoms with Crippen LogP contribution in [0.25, 0.3) is 0 Å². The number of nitrogens with zero attached hydrogens (tertiary/aromatic N) is 1. The summed E-state index contributed by atoms with van der Waals surface area (Å²) in [6, 6.07) is 6.21. The van der Waals surface area contributed by atoms with Crippen LogP contribution in [-0.4, -0.2) is 66.9 Å². The maximum atomic E-state index is 9.10. The Kier molecular flexibility index (Phi) is 15.2. The van der Waals surface area contributed by atoms with E-state index in [1.165, 1.54) is 12.0 Å². The van der Waals surface area contributed by atoms with Crippen molar-refractivity contribution in [2.24, 2.45) is 5.92 Å². The van der Waals surface area contributed by atoms with Crippen LogP contribution in [0.2, 0.25) is 0 Å². The van der Waals surface area contributed by atoms with Crippen LogP contribution in [0.4, 0.5) is 0 Å². The molecule has 0 radical (unpaired) electrons. The number of carboxylic acid groups (broad SMARTS) is 2. The lowest BCUT2D eigenvalue weighted by molar-refractivity contribution is -0.159. The van der Waals surface area contributed by atoms with Gasteiger partial charge < -0.3 is 29.9 Å². The minimum absolute atomic E-state index is 0.649. The third-order valence-corrected chi connectivity index (χ3v) is 4.42. The van der Waals surface area contributed by atoms with Gasteiger partial charge in [-0.15, -0.1) is 0 Å². The third-order valence-electron chi connectivity index (χ3n) is 4.42. The molecule has 0 aliphatic carbocycles. The van der Waals surface area contributed by atoms with Gasteiger partial charge in [0.2, 0.25) is 0 Å². The molecule has 8 nitrogen and oxygen atoms in total. The van der Waals surface area contributed by atoms with Gasteiger partial charge in [-0.3, -0.25) is 0 Å². The number of nitrogens with one attached hydrogen (secondary N) is 1. The van der Waals surface area contributed by atoms with E-state index >= 15 is 0 Å². The monoisotopic (exact) mass is 426 g/mol. The average molecular weight is 427 g/mol. The summed E-state index contributed by atoms with van der Waals surface area (Å²) in [5, 5.41) is 18.3. The molecule has 0 spiro atoms. The van der Waals surface area contributed by atoms with Crippen LogP contribution in [0.3, 0.4) is 0 Å². The Bertz CT molecular complexity index is 606. The second kappa shape index (κ2) is 16.5. The molecule has 0 fully saturated rings. The number of hydrogen-bond donors (Lipinski definition) is 3. The third kappa shape index (κ3) is 13.0. The Morgan fingerprint density at radius 1 is 1.10 bits per heavy atom. The minimum Gasteiger partial charge on any atom is -0.493 e. The van der Waals surface area contributed by atoms with E-state index < -0.39 is 11.9 Å². The van der Waals surface area contributed by atoms with Crippen molar-refractivity contribution in [2.75, 3.05) is 39.9 Å². The van der Waals surface area contributed by atoms with Gasteiger partial charge in [0.25, 0.3) is 0 Å². The molecular weight excluding hydrogens is 388 g/mol. The molecule has 172 valence electrons. The lowest BCUT2D eigenvalue weighted by Gasteiger charge is -2.17. The molecule has 1 aromatic rings. The van der Waals surface area contributed by atoms with E-state index in [0.29, 0.717) is 5.92 Å². The maximum absolute atomic E-state index is 9.10. The van der Waals surface area contributed by atoms with Crippen molar-refractivity contribution in [2.45, 2.75) is 47.1 Å². The number of carboxylic acids is 2. The molecule has 0 amide bonds. The molecule has 0 aromatic heterocycles. The molecule has 8 heteroatoms. The van der Waals surface area contributed by atoms with E-state index in [9.17, 15) is 0 Å². The van der Waals surface area contributed by atoms with Crippen LogP contribution in [0.5, 0.6) is 11.5 Å². The van der Waals surface area contributed by atoms with Crippen LogP contribution in [0.15, 0.2) is 18.2 Å². The van der Waals surface area contributed by atoms with Gasteiger partial charge in [0.05, 0.1) is 13.7 Å². The van der Waals surface area contributed by atoms with Crippen molar-refractivity contribution in [3.63, 3.8) is 0 Å². The molecule has 30 heavy (non-hydrogen) atoms. The van der Waals surface area contributed by atoms with E-state index in [1.807, 2.05) is 6.07 Å². The van der Waals surface area contributed by atoms with Gasteiger partial charge in [-0.1, -0.05) is 33.8 Å². The number of rotatable bonds is 13. The first-order valence-corrected chi connectivity index (χ1v) is 10.4. The number of aliphatic carboxylic acids is 2. The molecule has 0 heterocycles. The predicted octanol–water partition coefficient (Wildman–Crippen LogP) is 3.10. The number of ether oxygens (including phenoxy) is 2. The molecule has 0 bridgehead atoms. The molecular formula is C22H38N2O6. The predicted molar refractivity (Wildman–Crippen MR) is 117 cm³/mol. The average Bonchev–Trinajstić information content (AvgIpc) is 2.71. The summed E-state index contributed by atoms with van der Waals surface area (Å²) in [6.07, 6.45) is 2.23. The summed E-state index contributed by atoms with van der Waals surface area (Å²) in [7, 11) is 1.70. The quantitative estimate of drug-likeness (QED) is 0.326. The van der Waals surface area contributed by atoms with Crippen LogP contribution in [0.1, 0.15) is 46.1 Å². The van der Waals surface area contributed by atoms with E-state index in [1.54, 1.807) is 7.11 Å². The first kappa shape index (κ1) is 27.7. The molecule has 3 N–H and O–H groups in total. The van der Waals surface area contributed by atoms with Gasteiger partial charge in [-0.05, 0) is 62.6 Å². The van der Waals surface area contributed by atoms with Crippen LogP contribution >= 0.6 is 0 Å². The molecule has 0 aliphatic rings. The number of methoxy groups -OCH3 is 1. The maximum Gasteiger partial charge on any atom is 0.414 e. The molecule has 0 aliphatic heterocycles. The van der Waals surface area contributed by atoms with E-state index in [-0.39, 0.29) is 0 Å². The Balaban J connectivity index is 0.00000122. The SMILES string of the molecule is CCN(CC)CCCNCc1ccc(OCCC(C)C)c(OC)c1.O=C(O)C(=O)O. The summed E-state index contributed by atoms with van der Waals surface area (Å²) >= 11 is 0. The Morgan fingerprint density at radius 2 is 1.73 bits per heavy atom. The van der Waals surface area contributed by atoms with Crippen LogP contribution in [0, 0.1) is 5.92 Å². The normalized spacial score (nSPS) is 10.5. The van der Waals surface area contributed by atoms with Crippen molar-refractivity contribution in [3.05, 3.63) is 23.8 Å². The summed E-state index contributed by atoms with van der Waals surface area (Å²) in [6.45, 7) is 14.9. The van der Waals surface area contributed by atoms with Gasteiger partial charge in [0, 0.05) is 6.54 Å². The first-order valence-electron chi connectivity index (χ1n) is 10.4. The largest absolute Gasteiger partial charge is 0.493 e. The molecule has 0 saturated carbocycles. The van der Waals surface area contributed by atoms with Gasteiger partial charge in [-0.25, -0.2) is 9.59 Å². The molecule has 1 rings (SSSR count). The van der Waals surface area contributed by atoms with Crippen molar-refractivity contribution in [1.29, 1.82) is 0 Å². The highest BCUT2D eigenvalue weighted by atomic mass is 16.5. The Morgan fingerprint density at radius 3 is 2.23 bits per heavy atom. The second-order valence-corrected chi connectivity index (χ2v) is 7.18. The minimum atomic E-state index is -1.82. The van der Waals surface area contributed by atoms with E-state index in [4.69, 9.17) is 29.3 Å². The fourth-order valence-corrected chi connectivity index (χ4v) is 2.55.